The Kier molecular flexibility index (Phi) is 4.24. The van der Waals surface area contributed by atoms with Crippen molar-refractivity contribution in [2.24, 2.45) is 0 Å². The predicted octanol–water partition coefficient (Wildman–Crippen LogP) is 1.88. The van der Waals surface area contributed by atoms with Crippen molar-refractivity contribution in [2.45, 2.75) is 19.8 Å². The fourth-order valence-electron chi connectivity index (χ4n) is 1.78. The third-order valence-electron chi connectivity index (χ3n) is 3.05. The minimum Gasteiger partial charge on any atom is -0.497 e. The highest BCUT2D eigenvalue weighted by Gasteiger charge is 2.10. The van der Waals surface area contributed by atoms with Crippen LogP contribution in [0.2, 0.25) is 0 Å². The zero-order valence-electron chi connectivity index (χ0n) is 11.6. The number of carbonyl (C=O) groups excluding carboxylic acids is 1. The van der Waals surface area contributed by atoms with Crippen molar-refractivity contribution in [1.82, 2.24) is 10.2 Å². The van der Waals surface area contributed by atoms with Gasteiger partial charge in [0.1, 0.15) is 5.75 Å². The summed E-state index contributed by atoms with van der Waals surface area (Å²) in [4.78, 5) is 11.8. The van der Waals surface area contributed by atoms with Crippen LogP contribution < -0.4 is 15.8 Å². The number of hydrogen-bond acceptors (Lipinski definition) is 4. The molecule has 0 atom stereocenters. The number of ether oxygens (including phenoxy) is 1. The SMILES string of the molecule is COc1ccc(CCC(=O)Nc2n[nH]c(C)c2N)cc1. The summed E-state index contributed by atoms with van der Waals surface area (Å²) in [6.45, 7) is 1.80. The molecule has 0 radical (unpaired) electrons. The first-order valence-electron chi connectivity index (χ1n) is 6.33. The van der Waals surface area contributed by atoms with Crippen LogP contribution in [0.4, 0.5) is 11.5 Å². The number of nitrogen functional groups attached to an aromatic ring is 1. The zero-order valence-corrected chi connectivity index (χ0v) is 11.6. The Balaban J connectivity index is 1.87. The number of hydrogen-bond donors (Lipinski definition) is 3. The van der Waals surface area contributed by atoms with Crippen molar-refractivity contribution in [3.63, 3.8) is 0 Å². The first-order valence-corrected chi connectivity index (χ1v) is 6.33. The van der Waals surface area contributed by atoms with Crippen LogP contribution in [0.3, 0.4) is 0 Å². The molecule has 0 fully saturated rings. The van der Waals surface area contributed by atoms with Gasteiger partial charge in [-0.1, -0.05) is 12.1 Å². The van der Waals surface area contributed by atoms with E-state index < -0.39 is 0 Å². The maximum absolute atomic E-state index is 11.8. The molecule has 0 aliphatic heterocycles. The number of H-pyrrole nitrogens is 1. The van der Waals surface area contributed by atoms with Crippen molar-refractivity contribution in [2.75, 3.05) is 18.2 Å². The molecule has 20 heavy (non-hydrogen) atoms. The number of carbonyl (C=O) groups is 1. The maximum Gasteiger partial charge on any atom is 0.225 e. The quantitative estimate of drug-likeness (QED) is 0.776. The van der Waals surface area contributed by atoms with Gasteiger partial charge in [0, 0.05) is 6.42 Å². The van der Waals surface area contributed by atoms with E-state index in [0.29, 0.717) is 24.3 Å². The van der Waals surface area contributed by atoms with Gasteiger partial charge < -0.3 is 15.8 Å². The second-order valence-electron chi connectivity index (χ2n) is 4.51. The lowest BCUT2D eigenvalue weighted by Gasteiger charge is -2.04. The maximum atomic E-state index is 11.8. The Bertz CT molecular complexity index is 590. The molecule has 1 aromatic heterocycles. The summed E-state index contributed by atoms with van der Waals surface area (Å²) in [7, 11) is 1.62. The van der Waals surface area contributed by atoms with E-state index in [1.165, 1.54) is 0 Å². The number of amides is 1. The molecule has 0 aliphatic carbocycles. The Labute approximate surface area is 117 Å². The molecule has 4 N–H and O–H groups in total. The lowest BCUT2D eigenvalue weighted by atomic mass is 10.1. The summed E-state index contributed by atoms with van der Waals surface area (Å²) in [5, 5.41) is 9.35. The Morgan fingerprint density at radius 3 is 2.65 bits per heavy atom. The van der Waals surface area contributed by atoms with Crippen LogP contribution in [0.5, 0.6) is 5.75 Å². The van der Waals surface area contributed by atoms with Gasteiger partial charge in [-0.15, -0.1) is 0 Å². The van der Waals surface area contributed by atoms with Gasteiger partial charge >= 0.3 is 0 Å². The zero-order chi connectivity index (χ0) is 14.5. The van der Waals surface area contributed by atoms with E-state index in [9.17, 15) is 4.79 Å². The fourth-order valence-corrected chi connectivity index (χ4v) is 1.78. The highest BCUT2D eigenvalue weighted by molar-refractivity contribution is 5.92. The molecular formula is C14H18N4O2. The standard InChI is InChI=1S/C14H18N4O2/c1-9-13(15)14(18-17-9)16-12(19)8-5-10-3-6-11(20-2)7-4-10/h3-4,6-7H,5,8,15H2,1-2H3,(H2,16,17,18,19). The van der Waals surface area contributed by atoms with E-state index in [2.05, 4.69) is 15.5 Å². The highest BCUT2D eigenvalue weighted by atomic mass is 16.5. The second kappa shape index (κ2) is 6.10. The van der Waals surface area contributed by atoms with Crippen molar-refractivity contribution >= 4 is 17.4 Å². The largest absolute Gasteiger partial charge is 0.497 e. The molecule has 6 nitrogen and oxygen atoms in total. The second-order valence-corrected chi connectivity index (χ2v) is 4.51. The van der Waals surface area contributed by atoms with Gasteiger partial charge in [0.2, 0.25) is 5.91 Å². The molecule has 1 aromatic carbocycles. The lowest BCUT2D eigenvalue weighted by Crippen LogP contribution is -2.13. The predicted molar refractivity (Wildman–Crippen MR) is 77.7 cm³/mol. The number of methoxy groups -OCH3 is 1. The van der Waals surface area contributed by atoms with E-state index in [4.69, 9.17) is 10.5 Å². The van der Waals surface area contributed by atoms with Crippen molar-refractivity contribution in [3.05, 3.63) is 35.5 Å². The van der Waals surface area contributed by atoms with Crippen LogP contribution >= 0.6 is 0 Å². The smallest absolute Gasteiger partial charge is 0.225 e. The molecule has 0 saturated heterocycles. The van der Waals surface area contributed by atoms with Gasteiger partial charge in [0.25, 0.3) is 0 Å². The number of aromatic nitrogens is 2. The summed E-state index contributed by atoms with van der Waals surface area (Å²) in [6, 6.07) is 7.64. The number of rotatable bonds is 5. The van der Waals surface area contributed by atoms with Gasteiger partial charge in [0.15, 0.2) is 5.82 Å². The first-order chi connectivity index (χ1) is 9.60. The Hall–Kier alpha value is -2.50. The summed E-state index contributed by atoms with van der Waals surface area (Å²) < 4.78 is 5.08. The van der Waals surface area contributed by atoms with Crippen LogP contribution in [0.15, 0.2) is 24.3 Å². The molecule has 106 valence electrons. The van der Waals surface area contributed by atoms with Crippen LogP contribution in [0, 0.1) is 6.92 Å². The molecule has 6 heteroatoms. The molecule has 2 rings (SSSR count). The molecule has 0 unspecified atom stereocenters. The number of aromatic amines is 1. The van der Waals surface area contributed by atoms with Gasteiger partial charge in [-0.2, -0.15) is 5.10 Å². The number of benzene rings is 1. The summed E-state index contributed by atoms with van der Waals surface area (Å²) in [5.74, 6) is 1.08. The van der Waals surface area contributed by atoms with Gasteiger partial charge in [-0.3, -0.25) is 9.89 Å². The van der Waals surface area contributed by atoms with Crippen LogP contribution in [-0.4, -0.2) is 23.2 Å². The van der Waals surface area contributed by atoms with Gasteiger partial charge in [0.05, 0.1) is 18.5 Å². The van der Waals surface area contributed by atoms with Gasteiger partial charge in [-0.05, 0) is 31.0 Å². The topological polar surface area (TPSA) is 93.0 Å². The summed E-state index contributed by atoms with van der Waals surface area (Å²) in [5.41, 5.74) is 8.06. The van der Waals surface area contributed by atoms with E-state index >= 15 is 0 Å². The number of nitrogens with two attached hydrogens (primary N) is 1. The lowest BCUT2D eigenvalue weighted by molar-refractivity contribution is -0.116. The highest BCUT2D eigenvalue weighted by Crippen LogP contribution is 2.18. The van der Waals surface area contributed by atoms with E-state index in [-0.39, 0.29) is 5.91 Å². The third kappa shape index (κ3) is 3.28. The number of nitrogens with one attached hydrogen (secondary N) is 2. The average molecular weight is 274 g/mol. The normalized spacial score (nSPS) is 10.3. The van der Waals surface area contributed by atoms with Crippen molar-refractivity contribution in [1.29, 1.82) is 0 Å². The Morgan fingerprint density at radius 1 is 1.40 bits per heavy atom. The van der Waals surface area contributed by atoms with Crippen molar-refractivity contribution in [3.8, 4) is 5.75 Å². The minimum atomic E-state index is -0.112. The third-order valence-corrected chi connectivity index (χ3v) is 3.05. The molecule has 0 aliphatic rings. The fraction of sp³-hybridized carbons (Fsp3) is 0.286. The minimum absolute atomic E-state index is 0.112. The average Bonchev–Trinajstić information content (AvgIpc) is 2.78. The summed E-state index contributed by atoms with van der Waals surface area (Å²) >= 11 is 0. The van der Waals surface area contributed by atoms with Crippen LogP contribution in [-0.2, 0) is 11.2 Å². The van der Waals surface area contributed by atoms with E-state index in [0.717, 1.165) is 17.0 Å². The monoisotopic (exact) mass is 274 g/mol. The molecular weight excluding hydrogens is 256 g/mol. The number of nitrogens with zero attached hydrogens (tertiary/aromatic N) is 1. The van der Waals surface area contributed by atoms with Crippen LogP contribution in [0.1, 0.15) is 17.7 Å². The summed E-state index contributed by atoms with van der Waals surface area (Å²) in [6.07, 6.45) is 1.02. The molecule has 0 bridgehead atoms. The van der Waals surface area contributed by atoms with Crippen molar-refractivity contribution < 1.29 is 9.53 Å². The number of aryl methyl sites for hydroxylation is 2. The van der Waals surface area contributed by atoms with Gasteiger partial charge in [-0.25, -0.2) is 0 Å². The molecule has 0 spiro atoms. The molecule has 1 heterocycles. The Morgan fingerprint density at radius 2 is 2.10 bits per heavy atom. The molecule has 0 saturated carbocycles. The number of anilines is 2. The first kappa shape index (κ1) is 13.9. The molecule has 2 aromatic rings. The molecule has 1 amide bonds. The van der Waals surface area contributed by atoms with Crippen LogP contribution in [0.25, 0.3) is 0 Å². The van der Waals surface area contributed by atoms with E-state index in [1.807, 2.05) is 24.3 Å². The van der Waals surface area contributed by atoms with E-state index in [1.54, 1.807) is 14.0 Å².